The molecule has 1 atom stereocenters. The van der Waals surface area contributed by atoms with E-state index in [2.05, 4.69) is 0 Å². The Bertz CT molecular complexity index is 520. The molecule has 0 radical (unpaired) electrons. The van der Waals surface area contributed by atoms with E-state index < -0.39 is 11.9 Å². The van der Waals surface area contributed by atoms with E-state index in [-0.39, 0.29) is 5.91 Å². The molecule has 21 heavy (non-hydrogen) atoms. The van der Waals surface area contributed by atoms with Crippen molar-refractivity contribution >= 4 is 29.3 Å². The fraction of sp³-hybridized carbons (Fsp3) is 0.467. The topological polar surface area (TPSA) is 66.8 Å². The van der Waals surface area contributed by atoms with Crippen LogP contribution in [0.3, 0.4) is 0 Å². The first-order chi connectivity index (χ1) is 10.1. The van der Waals surface area contributed by atoms with Gasteiger partial charge in [0.25, 0.3) is 0 Å². The quantitative estimate of drug-likeness (QED) is 0.814. The maximum Gasteiger partial charge on any atom is 0.311 e. The van der Waals surface area contributed by atoms with Crippen LogP contribution in [0.15, 0.2) is 24.3 Å². The summed E-state index contributed by atoms with van der Waals surface area (Å²) in [6.07, 6.45) is 0.459. The molecule has 0 spiro atoms. The highest BCUT2D eigenvalue weighted by Crippen LogP contribution is 2.35. The number of ether oxygens (including phenoxy) is 1. The lowest BCUT2D eigenvalue weighted by molar-refractivity contribution is -0.139. The zero-order chi connectivity index (χ0) is 15.2. The molecule has 5 nitrogen and oxygen atoms in total. The fourth-order valence-electron chi connectivity index (χ4n) is 2.46. The molecule has 0 fully saturated rings. The summed E-state index contributed by atoms with van der Waals surface area (Å²) in [6, 6.07) is 7.27. The second-order valence-electron chi connectivity index (χ2n) is 4.83. The minimum atomic E-state index is -0.830. The average molecular weight is 309 g/mol. The van der Waals surface area contributed by atoms with Crippen LogP contribution in [0.1, 0.15) is 17.9 Å². The Labute approximate surface area is 128 Å². The third kappa shape index (κ3) is 3.77. The molecule has 0 saturated heterocycles. The fourth-order valence-corrected chi connectivity index (χ4v) is 3.22. The van der Waals surface area contributed by atoms with E-state index in [0.717, 1.165) is 17.0 Å². The second kappa shape index (κ2) is 7.47. The monoisotopic (exact) mass is 309 g/mol. The van der Waals surface area contributed by atoms with Crippen molar-refractivity contribution in [2.75, 3.05) is 36.7 Å². The number of fused-ring (bicyclic) bond motifs is 1. The molecule has 114 valence electrons. The van der Waals surface area contributed by atoms with Crippen LogP contribution in [-0.2, 0) is 14.3 Å². The largest absolute Gasteiger partial charge is 0.481 e. The van der Waals surface area contributed by atoms with Crippen molar-refractivity contribution < 1.29 is 19.4 Å². The summed E-state index contributed by atoms with van der Waals surface area (Å²) < 4.78 is 4.95. The van der Waals surface area contributed by atoms with Gasteiger partial charge in [-0.15, -0.1) is 11.8 Å². The first-order valence-corrected chi connectivity index (χ1v) is 7.99. The molecule has 1 unspecified atom stereocenters. The van der Waals surface area contributed by atoms with Crippen LogP contribution in [0.2, 0.25) is 0 Å². The maximum absolute atomic E-state index is 12.3. The van der Waals surface area contributed by atoms with E-state index in [0.29, 0.717) is 25.3 Å². The highest BCUT2D eigenvalue weighted by molar-refractivity contribution is 7.99. The smallest absolute Gasteiger partial charge is 0.311 e. The van der Waals surface area contributed by atoms with Gasteiger partial charge in [-0.25, -0.2) is 0 Å². The van der Waals surface area contributed by atoms with E-state index in [1.165, 1.54) is 11.8 Å². The summed E-state index contributed by atoms with van der Waals surface area (Å²) in [4.78, 5) is 25.3. The summed E-state index contributed by atoms with van der Waals surface area (Å²) >= 11 is 1.53. The first-order valence-electron chi connectivity index (χ1n) is 6.84. The van der Waals surface area contributed by atoms with Crippen molar-refractivity contribution in [3.8, 4) is 0 Å². The zero-order valence-electron chi connectivity index (χ0n) is 11.9. The number of hydrogen-bond donors (Lipinski definition) is 1. The van der Waals surface area contributed by atoms with Crippen molar-refractivity contribution in [1.82, 2.24) is 0 Å². The molecule has 1 amide bonds. The first kappa shape index (κ1) is 15.9. The number of para-hydroxylation sites is 1. The maximum atomic E-state index is 12.3. The second-order valence-corrected chi connectivity index (χ2v) is 5.93. The number of methoxy groups -OCH3 is 1. The van der Waals surface area contributed by atoms with Crippen LogP contribution >= 0.6 is 11.8 Å². The number of hydrogen-bond acceptors (Lipinski definition) is 4. The van der Waals surface area contributed by atoms with E-state index in [4.69, 9.17) is 4.74 Å². The Kier molecular flexibility index (Phi) is 5.64. The predicted molar refractivity (Wildman–Crippen MR) is 83.0 cm³/mol. The van der Waals surface area contributed by atoms with Gasteiger partial charge >= 0.3 is 5.97 Å². The normalized spacial score (nSPS) is 17.4. The minimum Gasteiger partial charge on any atom is -0.481 e. The lowest BCUT2D eigenvalue weighted by Crippen LogP contribution is -2.39. The number of thioether (sulfide) groups is 1. The molecule has 1 aromatic carbocycles. The van der Waals surface area contributed by atoms with Gasteiger partial charge in [0, 0.05) is 25.1 Å². The van der Waals surface area contributed by atoms with E-state index in [1.807, 2.05) is 18.2 Å². The van der Waals surface area contributed by atoms with Crippen LogP contribution in [0.4, 0.5) is 5.69 Å². The molecule has 1 heterocycles. The number of rotatable bonds is 6. The molecule has 0 saturated carbocycles. The summed E-state index contributed by atoms with van der Waals surface area (Å²) in [7, 11) is 1.63. The summed E-state index contributed by atoms with van der Waals surface area (Å²) in [6.45, 7) is 1.08. The number of nitrogens with zero attached hydrogens (tertiary/aromatic N) is 1. The Hall–Kier alpha value is -1.53. The van der Waals surface area contributed by atoms with Gasteiger partial charge in [-0.1, -0.05) is 18.2 Å². The molecule has 2 rings (SSSR count). The number of carboxylic acids is 1. The number of carbonyl (C=O) groups excluding carboxylic acids is 1. The number of anilines is 1. The molecule has 0 aromatic heterocycles. The molecular formula is C15H19NO4S. The number of carboxylic acid groups (broad SMARTS) is 1. The Balaban J connectivity index is 2.10. The van der Waals surface area contributed by atoms with Crippen LogP contribution in [0.25, 0.3) is 0 Å². The third-order valence-electron chi connectivity index (χ3n) is 3.50. The van der Waals surface area contributed by atoms with Crippen LogP contribution < -0.4 is 4.90 Å². The van der Waals surface area contributed by atoms with Gasteiger partial charge in [0.15, 0.2) is 0 Å². The molecule has 1 N–H and O–H groups in total. The summed E-state index contributed by atoms with van der Waals surface area (Å²) in [5.41, 5.74) is 1.46. The number of amides is 1. The van der Waals surface area contributed by atoms with Gasteiger partial charge in [0.05, 0.1) is 18.3 Å². The number of aliphatic carboxylic acids is 1. The van der Waals surface area contributed by atoms with Crippen molar-refractivity contribution in [2.24, 2.45) is 0 Å². The Morgan fingerprint density at radius 2 is 2.19 bits per heavy atom. The lowest BCUT2D eigenvalue weighted by atomic mass is 9.90. The molecule has 1 aliphatic heterocycles. The predicted octanol–water partition coefficient (Wildman–Crippen LogP) is 1.97. The molecule has 1 aromatic rings. The van der Waals surface area contributed by atoms with Gasteiger partial charge < -0.3 is 14.7 Å². The highest BCUT2D eigenvalue weighted by atomic mass is 32.2. The van der Waals surface area contributed by atoms with Crippen LogP contribution in [0.5, 0.6) is 0 Å². The van der Waals surface area contributed by atoms with Crippen LogP contribution in [0, 0.1) is 0 Å². The zero-order valence-corrected chi connectivity index (χ0v) is 12.8. The molecule has 1 aliphatic rings. The van der Waals surface area contributed by atoms with Crippen molar-refractivity contribution in [3.05, 3.63) is 29.8 Å². The van der Waals surface area contributed by atoms with Crippen LogP contribution in [-0.4, -0.2) is 48.8 Å². The SMILES string of the molecule is COCCSCC(=O)N1CCC(C(=O)O)c2ccccc21. The van der Waals surface area contributed by atoms with Gasteiger partial charge in [0.2, 0.25) is 5.91 Å². The Morgan fingerprint density at radius 1 is 1.43 bits per heavy atom. The standard InChI is InChI=1S/C15H19NO4S/c1-20-8-9-21-10-14(17)16-7-6-12(15(18)19)11-4-2-3-5-13(11)16/h2-5,12H,6-10H2,1H3,(H,18,19). The molecule has 0 bridgehead atoms. The minimum absolute atomic E-state index is 0.0207. The van der Waals surface area contributed by atoms with E-state index >= 15 is 0 Å². The third-order valence-corrected chi connectivity index (χ3v) is 4.41. The van der Waals surface area contributed by atoms with Gasteiger partial charge in [-0.2, -0.15) is 0 Å². The van der Waals surface area contributed by atoms with Crippen molar-refractivity contribution in [1.29, 1.82) is 0 Å². The lowest BCUT2D eigenvalue weighted by Gasteiger charge is -2.32. The van der Waals surface area contributed by atoms with E-state index in [9.17, 15) is 14.7 Å². The average Bonchev–Trinajstić information content (AvgIpc) is 2.50. The molecule has 6 heteroatoms. The number of benzene rings is 1. The highest BCUT2D eigenvalue weighted by Gasteiger charge is 2.31. The van der Waals surface area contributed by atoms with Crippen molar-refractivity contribution in [2.45, 2.75) is 12.3 Å². The van der Waals surface area contributed by atoms with Gasteiger partial charge in [-0.05, 0) is 18.1 Å². The molecule has 0 aliphatic carbocycles. The van der Waals surface area contributed by atoms with E-state index in [1.54, 1.807) is 18.1 Å². The van der Waals surface area contributed by atoms with Crippen molar-refractivity contribution in [3.63, 3.8) is 0 Å². The van der Waals surface area contributed by atoms with Gasteiger partial charge in [-0.3, -0.25) is 9.59 Å². The summed E-state index contributed by atoms with van der Waals surface area (Å²) in [5, 5.41) is 9.29. The molecular weight excluding hydrogens is 290 g/mol. The Morgan fingerprint density at radius 3 is 2.90 bits per heavy atom. The summed E-state index contributed by atoms with van der Waals surface area (Å²) in [5.74, 6) is -0.173. The van der Waals surface area contributed by atoms with Gasteiger partial charge in [0.1, 0.15) is 0 Å². The number of carbonyl (C=O) groups is 2.